The molecule has 26 heavy (non-hydrogen) atoms. The minimum Gasteiger partial charge on any atom is -0.419 e. The Morgan fingerprint density at radius 2 is 1.96 bits per heavy atom. The Labute approximate surface area is 146 Å². The number of non-ortho nitro benzene ring substituents is 1. The predicted octanol–water partition coefficient (Wildman–Crippen LogP) is 1.74. The maximum Gasteiger partial charge on any atom is 0.285 e. The first-order valence-corrected chi connectivity index (χ1v) is 7.46. The number of hydrogen-bond donors (Lipinski definition) is 0. The van der Waals surface area contributed by atoms with E-state index >= 15 is 0 Å². The Kier molecular flexibility index (Phi) is 4.28. The number of aryl methyl sites for hydroxylation is 1. The number of aromatic nitrogens is 4. The minimum atomic E-state index is -0.536. The number of nitro benzene ring substituents is 1. The van der Waals surface area contributed by atoms with Gasteiger partial charge in [0.15, 0.2) is 0 Å². The summed E-state index contributed by atoms with van der Waals surface area (Å²) in [7, 11) is 0. The monoisotopic (exact) mass is 352 g/mol. The minimum absolute atomic E-state index is 0.0209. The molecular weight excluding hydrogens is 340 g/mol. The second-order valence-electron chi connectivity index (χ2n) is 5.46. The largest absolute Gasteiger partial charge is 0.419 e. The van der Waals surface area contributed by atoms with Gasteiger partial charge in [0.2, 0.25) is 11.8 Å². The molecule has 0 spiro atoms. The molecular formula is C16H12N6O4. The fourth-order valence-electron chi connectivity index (χ4n) is 2.30. The molecule has 3 aromatic rings. The van der Waals surface area contributed by atoms with Gasteiger partial charge >= 0.3 is 0 Å². The molecule has 2 heterocycles. The fraction of sp³-hybridized carbons (Fsp3) is 0.188. The summed E-state index contributed by atoms with van der Waals surface area (Å²) < 4.78 is 6.59. The Morgan fingerprint density at radius 3 is 2.58 bits per heavy atom. The molecule has 0 atom stereocenters. The zero-order valence-corrected chi connectivity index (χ0v) is 13.8. The van der Waals surface area contributed by atoms with E-state index in [1.165, 1.54) is 24.3 Å². The highest BCUT2D eigenvalue weighted by Gasteiger charge is 2.15. The number of nitro groups is 1. The van der Waals surface area contributed by atoms with Crippen molar-refractivity contribution in [1.82, 2.24) is 20.0 Å². The van der Waals surface area contributed by atoms with Crippen LogP contribution in [0.15, 0.2) is 33.5 Å². The molecule has 0 amide bonds. The van der Waals surface area contributed by atoms with Crippen molar-refractivity contribution in [2.24, 2.45) is 0 Å². The maximum atomic E-state index is 12.3. The number of rotatable bonds is 4. The first-order chi connectivity index (χ1) is 12.4. The van der Waals surface area contributed by atoms with Crippen molar-refractivity contribution in [3.05, 3.63) is 67.4 Å². The summed E-state index contributed by atoms with van der Waals surface area (Å²) >= 11 is 0. The maximum absolute atomic E-state index is 12.3. The summed E-state index contributed by atoms with van der Waals surface area (Å²) in [5.74, 6) is 0.285. The van der Waals surface area contributed by atoms with E-state index in [2.05, 4.69) is 15.3 Å². The zero-order chi connectivity index (χ0) is 18.8. The van der Waals surface area contributed by atoms with Gasteiger partial charge in [0.05, 0.1) is 10.6 Å². The van der Waals surface area contributed by atoms with Gasteiger partial charge in [-0.15, -0.1) is 10.2 Å². The van der Waals surface area contributed by atoms with Gasteiger partial charge in [-0.2, -0.15) is 10.4 Å². The topological polar surface area (TPSA) is 141 Å². The van der Waals surface area contributed by atoms with E-state index < -0.39 is 10.5 Å². The summed E-state index contributed by atoms with van der Waals surface area (Å²) in [6.07, 6.45) is 0. The predicted molar refractivity (Wildman–Crippen MR) is 88.2 cm³/mol. The van der Waals surface area contributed by atoms with Gasteiger partial charge in [-0.1, -0.05) is 0 Å². The standard InChI is InChI=1S/C16H12N6O4/c1-9-10(2)20-21(16(23)13(9)7-17)8-14-18-19-15(26-14)11-3-5-12(6-4-11)22(24)25/h3-6H,8H2,1-2H3. The van der Waals surface area contributed by atoms with Gasteiger partial charge in [0, 0.05) is 17.7 Å². The van der Waals surface area contributed by atoms with Crippen LogP contribution in [-0.2, 0) is 6.54 Å². The molecule has 0 radical (unpaired) electrons. The second kappa shape index (κ2) is 6.56. The van der Waals surface area contributed by atoms with E-state index in [4.69, 9.17) is 9.68 Å². The Balaban J connectivity index is 1.90. The van der Waals surface area contributed by atoms with Gasteiger partial charge in [-0.25, -0.2) is 4.68 Å². The van der Waals surface area contributed by atoms with Crippen molar-refractivity contribution in [3.8, 4) is 17.5 Å². The molecule has 0 aliphatic heterocycles. The van der Waals surface area contributed by atoms with Crippen LogP contribution in [0.25, 0.3) is 11.5 Å². The molecule has 0 aliphatic rings. The fourth-order valence-corrected chi connectivity index (χ4v) is 2.30. The molecule has 2 aromatic heterocycles. The highest BCUT2D eigenvalue weighted by molar-refractivity contribution is 5.55. The average Bonchev–Trinajstić information content (AvgIpc) is 3.09. The average molecular weight is 352 g/mol. The van der Waals surface area contributed by atoms with Gasteiger partial charge in [-0.3, -0.25) is 14.9 Å². The summed E-state index contributed by atoms with van der Waals surface area (Å²) in [6.45, 7) is 3.27. The lowest BCUT2D eigenvalue weighted by molar-refractivity contribution is -0.384. The molecule has 130 valence electrons. The van der Waals surface area contributed by atoms with Gasteiger partial charge < -0.3 is 4.42 Å². The van der Waals surface area contributed by atoms with Crippen molar-refractivity contribution in [1.29, 1.82) is 5.26 Å². The Bertz CT molecular complexity index is 1090. The van der Waals surface area contributed by atoms with E-state index in [9.17, 15) is 14.9 Å². The molecule has 1 aromatic carbocycles. The number of benzene rings is 1. The molecule has 10 heteroatoms. The molecule has 0 saturated carbocycles. The van der Waals surface area contributed by atoms with Gasteiger partial charge in [0.25, 0.3) is 11.2 Å². The van der Waals surface area contributed by atoms with Gasteiger partial charge in [-0.05, 0) is 31.5 Å². The van der Waals surface area contributed by atoms with Crippen LogP contribution in [-0.4, -0.2) is 24.9 Å². The lowest BCUT2D eigenvalue weighted by Crippen LogP contribution is -2.28. The van der Waals surface area contributed by atoms with Crippen LogP contribution in [0.4, 0.5) is 5.69 Å². The third kappa shape index (κ3) is 3.05. The molecule has 0 saturated heterocycles. The molecule has 0 fully saturated rings. The first-order valence-electron chi connectivity index (χ1n) is 7.46. The molecule has 10 nitrogen and oxygen atoms in total. The SMILES string of the molecule is Cc1nn(Cc2nnc(-c3ccc([N+](=O)[O-])cc3)o2)c(=O)c(C#N)c1C. The third-order valence-corrected chi connectivity index (χ3v) is 3.83. The van der Waals surface area contributed by atoms with E-state index in [1.807, 2.05) is 6.07 Å². The van der Waals surface area contributed by atoms with Crippen molar-refractivity contribution < 1.29 is 9.34 Å². The van der Waals surface area contributed by atoms with E-state index in [0.29, 0.717) is 16.8 Å². The van der Waals surface area contributed by atoms with Gasteiger partial charge in [0.1, 0.15) is 18.2 Å². The van der Waals surface area contributed by atoms with Crippen molar-refractivity contribution in [2.75, 3.05) is 0 Å². The first kappa shape index (κ1) is 17.0. The number of nitrogens with zero attached hydrogens (tertiary/aromatic N) is 6. The van der Waals surface area contributed by atoms with Crippen LogP contribution >= 0.6 is 0 Å². The molecule has 0 bridgehead atoms. The second-order valence-corrected chi connectivity index (χ2v) is 5.46. The van der Waals surface area contributed by atoms with E-state index in [1.54, 1.807) is 13.8 Å². The summed E-state index contributed by atoms with van der Waals surface area (Å²) in [5.41, 5.74) is 1.02. The van der Waals surface area contributed by atoms with Crippen LogP contribution in [0.2, 0.25) is 0 Å². The lowest BCUT2D eigenvalue weighted by Gasteiger charge is -2.06. The highest BCUT2D eigenvalue weighted by Crippen LogP contribution is 2.21. The van der Waals surface area contributed by atoms with Crippen molar-refractivity contribution >= 4 is 5.69 Å². The molecule has 0 unspecified atom stereocenters. The third-order valence-electron chi connectivity index (χ3n) is 3.83. The van der Waals surface area contributed by atoms with E-state index in [0.717, 1.165) is 4.68 Å². The molecule has 0 N–H and O–H groups in total. The number of nitriles is 1. The summed E-state index contributed by atoms with van der Waals surface area (Å²) in [5, 5.41) is 31.7. The molecule has 3 rings (SSSR count). The Morgan fingerprint density at radius 1 is 1.27 bits per heavy atom. The van der Waals surface area contributed by atoms with Crippen molar-refractivity contribution in [3.63, 3.8) is 0 Å². The van der Waals surface area contributed by atoms with Crippen LogP contribution < -0.4 is 5.56 Å². The molecule has 0 aliphatic carbocycles. The summed E-state index contributed by atoms with van der Waals surface area (Å²) in [4.78, 5) is 22.5. The van der Waals surface area contributed by atoms with Crippen LogP contribution in [0, 0.1) is 35.3 Å². The summed E-state index contributed by atoms with van der Waals surface area (Å²) in [6, 6.07) is 7.51. The van der Waals surface area contributed by atoms with Crippen LogP contribution in [0.5, 0.6) is 0 Å². The smallest absolute Gasteiger partial charge is 0.285 e. The quantitative estimate of drug-likeness (QED) is 0.510. The lowest BCUT2D eigenvalue weighted by atomic mass is 10.1. The Hall–Kier alpha value is -3.87. The van der Waals surface area contributed by atoms with Crippen LogP contribution in [0.1, 0.15) is 22.7 Å². The van der Waals surface area contributed by atoms with E-state index in [-0.39, 0.29) is 29.6 Å². The normalized spacial score (nSPS) is 10.5. The van der Waals surface area contributed by atoms with Crippen molar-refractivity contribution in [2.45, 2.75) is 20.4 Å². The zero-order valence-electron chi connectivity index (χ0n) is 13.8. The number of hydrogen-bond acceptors (Lipinski definition) is 8. The van der Waals surface area contributed by atoms with Crippen LogP contribution in [0.3, 0.4) is 0 Å². The highest BCUT2D eigenvalue weighted by atomic mass is 16.6.